The van der Waals surface area contributed by atoms with E-state index in [9.17, 15) is 13.6 Å². The number of anilines is 1. The van der Waals surface area contributed by atoms with Crippen LogP contribution in [-0.4, -0.2) is 25.6 Å². The zero-order chi connectivity index (χ0) is 17.8. The summed E-state index contributed by atoms with van der Waals surface area (Å²) in [5.74, 6) is -0.000253. The molecule has 1 aliphatic rings. The fraction of sp³-hybridized carbons (Fsp3) is 0.211. The second-order valence-corrected chi connectivity index (χ2v) is 5.77. The minimum Gasteiger partial charge on any atom is -0.489 e. The highest BCUT2D eigenvalue weighted by molar-refractivity contribution is 6.08. The van der Waals surface area contributed by atoms with E-state index in [-0.39, 0.29) is 24.9 Å². The van der Waals surface area contributed by atoms with Gasteiger partial charge < -0.3 is 15.4 Å². The Hall–Kier alpha value is -2.73. The molecular weight excluding hydrogens is 326 g/mol. The summed E-state index contributed by atoms with van der Waals surface area (Å²) in [6, 6.07) is 11.1. The van der Waals surface area contributed by atoms with Crippen LogP contribution in [0, 0.1) is 5.82 Å². The number of fused-ring (bicyclic) bond motifs is 1. The Kier molecular flexibility index (Phi) is 5.09. The van der Waals surface area contributed by atoms with Gasteiger partial charge in [0.1, 0.15) is 18.2 Å². The summed E-state index contributed by atoms with van der Waals surface area (Å²) in [4.78, 5) is 14.2. The van der Waals surface area contributed by atoms with Crippen LogP contribution in [0.4, 0.5) is 14.5 Å². The molecule has 0 bridgehead atoms. The zero-order valence-electron chi connectivity index (χ0n) is 13.5. The number of hydrogen-bond donors (Lipinski definition) is 1. The molecule has 0 spiro atoms. The molecule has 1 aliphatic heterocycles. The van der Waals surface area contributed by atoms with Crippen molar-refractivity contribution in [2.75, 3.05) is 24.6 Å². The van der Waals surface area contributed by atoms with Gasteiger partial charge in [0.2, 0.25) is 0 Å². The molecule has 0 atom stereocenters. The smallest absolute Gasteiger partial charge is 0.258 e. The number of carbonyl (C=O) groups is 1. The number of halogens is 2. The molecule has 0 saturated carbocycles. The number of nitrogens with zero attached hydrogens (tertiary/aromatic N) is 1. The third-order valence-corrected chi connectivity index (χ3v) is 4.12. The van der Waals surface area contributed by atoms with E-state index in [1.165, 1.54) is 12.1 Å². The fourth-order valence-electron chi connectivity index (χ4n) is 2.76. The average Bonchev–Trinajstić information content (AvgIpc) is 2.63. The highest BCUT2D eigenvalue weighted by Crippen LogP contribution is 2.27. The molecule has 1 heterocycles. The van der Waals surface area contributed by atoms with Crippen LogP contribution in [0.25, 0.3) is 0 Å². The molecular formula is C19H18F2N2O2. The minimum absolute atomic E-state index is 0.0646. The van der Waals surface area contributed by atoms with Crippen LogP contribution in [0.2, 0.25) is 0 Å². The first-order valence-electron chi connectivity index (χ1n) is 7.93. The second-order valence-electron chi connectivity index (χ2n) is 5.77. The fourth-order valence-corrected chi connectivity index (χ4v) is 2.76. The molecule has 0 aliphatic carbocycles. The van der Waals surface area contributed by atoms with Gasteiger partial charge in [-0.3, -0.25) is 4.79 Å². The van der Waals surface area contributed by atoms with Crippen molar-refractivity contribution in [1.29, 1.82) is 0 Å². The number of rotatable bonds is 5. The molecule has 2 aromatic rings. The largest absolute Gasteiger partial charge is 0.489 e. The number of carbonyl (C=O) groups excluding carboxylic acids is 1. The Morgan fingerprint density at radius 3 is 2.84 bits per heavy atom. The van der Waals surface area contributed by atoms with Crippen molar-refractivity contribution in [3.8, 4) is 5.75 Å². The lowest BCUT2D eigenvalue weighted by molar-refractivity contribution is 0.0980. The van der Waals surface area contributed by atoms with Crippen LogP contribution in [0.1, 0.15) is 15.9 Å². The molecule has 3 rings (SSSR count). The predicted molar refractivity (Wildman–Crippen MR) is 92.0 cm³/mol. The molecule has 0 unspecified atom stereocenters. The summed E-state index contributed by atoms with van der Waals surface area (Å²) in [7, 11) is 0. The Morgan fingerprint density at radius 1 is 1.28 bits per heavy atom. The van der Waals surface area contributed by atoms with Gasteiger partial charge in [-0.05, 0) is 48.4 Å². The van der Waals surface area contributed by atoms with E-state index in [1.807, 2.05) is 0 Å². The number of benzene rings is 2. The Balaban J connectivity index is 1.78. The van der Waals surface area contributed by atoms with Gasteiger partial charge in [0.25, 0.3) is 5.91 Å². The number of hydrogen-bond acceptors (Lipinski definition) is 3. The van der Waals surface area contributed by atoms with E-state index < -0.39 is 0 Å². The lowest BCUT2D eigenvalue weighted by atomic mass is 9.98. The Labute approximate surface area is 144 Å². The maximum atomic E-state index is 13.4. The standard InChI is InChI=1S/C19H18F2N2O2/c20-10-13(11-22)12-25-17-4-5-18-14(8-17)6-7-23(19(18)24)16-3-1-2-15(21)9-16/h1-5,8-10H,6-7,11-12,22H2/b13-10-. The number of ether oxygens (including phenoxy) is 1. The summed E-state index contributed by atoms with van der Waals surface area (Å²) in [6.45, 7) is 0.606. The first-order valence-corrected chi connectivity index (χ1v) is 7.93. The first kappa shape index (κ1) is 17.1. The van der Waals surface area contributed by atoms with E-state index in [4.69, 9.17) is 10.5 Å². The van der Waals surface area contributed by atoms with Crippen molar-refractivity contribution in [2.45, 2.75) is 6.42 Å². The summed E-state index contributed by atoms with van der Waals surface area (Å²) >= 11 is 0. The minimum atomic E-state index is -0.378. The SMILES string of the molecule is NC/C(=C/F)COc1ccc2c(c1)CCN(c1cccc(F)c1)C2=O. The lowest BCUT2D eigenvalue weighted by Gasteiger charge is -2.29. The molecule has 2 N–H and O–H groups in total. The molecule has 2 aromatic carbocycles. The van der Waals surface area contributed by atoms with Gasteiger partial charge in [-0.15, -0.1) is 0 Å². The van der Waals surface area contributed by atoms with Crippen molar-refractivity contribution < 1.29 is 18.3 Å². The van der Waals surface area contributed by atoms with Crippen LogP contribution in [0.5, 0.6) is 5.75 Å². The highest BCUT2D eigenvalue weighted by Gasteiger charge is 2.26. The summed E-state index contributed by atoms with van der Waals surface area (Å²) < 4.78 is 31.4. The average molecular weight is 344 g/mol. The Bertz CT molecular complexity index is 821. The van der Waals surface area contributed by atoms with Gasteiger partial charge in [-0.2, -0.15) is 0 Å². The predicted octanol–water partition coefficient (Wildman–Crippen LogP) is 3.22. The van der Waals surface area contributed by atoms with Gasteiger partial charge in [-0.25, -0.2) is 8.78 Å². The van der Waals surface area contributed by atoms with Crippen LogP contribution >= 0.6 is 0 Å². The topological polar surface area (TPSA) is 55.6 Å². The van der Waals surface area contributed by atoms with E-state index in [0.29, 0.717) is 41.9 Å². The third-order valence-electron chi connectivity index (χ3n) is 4.12. The molecule has 0 aromatic heterocycles. The van der Waals surface area contributed by atoms with Crippen molar-refractivity contribution in [1.82, 2.24) is 0 Å². The van der Waals surface area contributed by atoms with E-state index >= 15 is 0 Å². The van der Waals surface area contributed by atoms with E-state index in [1.54, 1.807) is 35.2 Å². The van der Waals surface area contributed by atoms with Gasteiger partial charge in [0.05, 0.1) is 6.33 Å². The maximum absolute atomic E-state index is 13.4. The van der Waals surface area contributed by atoms with Crippen LogP contribution in [-0.2, 0) is 6.42 Å². The van der Waals surface area contributed by atoms with Crippen molar-refractivity contribution >= 4 is 11.6 Å². The second kappa shape index (κ2) is 7.44. The van der Waals surface area contributed by atoms with Crippen LogP contribution in [0.3, 0.4) is 0 Å². The lowest BCUT2D eigenvalue weighted by Crippen LogP contribution is -2.37. The number of amides is 1. The third kappa shape index (κ3) is 3.69. The van der Waals surface area contributed by atoms with Gasteiger partial charge in [-0.1, -0.05) is 6.07 Å². The highest BCUT2D eigenvalue weighted by atomic mass is 19.1. The van der Waals surface area contributed by atoms with Crippen molar-refractivity contribution in [3.05, 3.63) is 71.3 Å². The molecule has 0 saturated heterocycles. The van der Waals surface area contributed by atoms with Gasteiger partial charge >= 0.3 is 0 Å². The van der Waals surface area contributed by atoms with Crippen molar-refractivity contribution in [3.63, 3.8) is 0 Å². The summed E-state index contributed by atoms with van der Waals surface area (Å²) in [5, 5.41) is 0. The van der Waals surface area contributed by atoms with Crippen LogP contribution < -0.4 is 15.4 Å². The van der Waals surface area contributed by atoms with E-state index in [2.05, 4.69) is 0 Å². The molecule has 130 valence electrons. The number of nitrogens with two attached hydrogens (primary N) is 1. The Morgan fingerprint density at radius 2 is 2.12 bits per heavy atom. The molecule has 25 heavy (non-hydrogen) atoms. The van der Waals surface area contributed by atoms with Crippen molar-refractivity contribution in [2.24, 2.45) is 5.73 Å². The monoisotopic (exact) mass is 344 g/mol. The molecule has 1 amide bonds. The normalized spacial score (nSPS) is 14.4. The molecule has 6 heteroatoms. The molecule has 0 fully saturated rings. The maximum Gasteiger partial charge on any atom is 0.258 e. The van der Waals surface area contributed by atoms with E-state index in [0.717, 1.165) is 5.56 Å². The molecule has 0 radical (unpaired) electrons. The zero-order valence-corrected chi connectivity index (χ0v) is 13.5. The summed E-state index contributed by atoms with van der Waals surface area (Å²) in [5.41, 5.74) is 7.70. The van der Waals surface area contributed by atoms with Gasteiger partial charge in [0.15, 0.2) is 0 Å². The van der Waals surface area contributed by atoms with Gasteiger partial charge in [0, 0.05) is 29.9 Å². The quantitative estimate of drug-likeness (QED) is 0.906. The molecule has 4 nitrogen and oxygen atoms in total. The van der Waals surface area contributed by atoms with Crippen LogP contribution in [0.15, 0.2) is 54.4 Å². The first-order chi connectivity index (χ1) is 12.1. The summed E-state index contributed by atoms with van der Waals surface area (Å²) in [6.07, 6.45) is 1.07.